The Morgan fingerprint density at radius 2 is 2.38 bits per heavy atom. The first-order chi connectivity index (χ1) is 7.81. The van der Waals surface area contributed by atoms with Crippen molar-refractivity contribution in [3.63, 3.8) is 0 Å². The van der Waals surface area contributed by atoms with Crippen LogP contribution in [0.25, 0.3) is 0 Å². The van der Waals surface area contributed by atoms with E-state index >= 15 is 0 Å². The molecule has 1 aliphatic heterocycles. The molecule has 2 N–H and O–H groups in total. The standard InChI is InChI=1S/C13H20N2O/c1-11-3-2-4-12(9-11)15(7-6-14)13-5-8-16-10-13/h2-4,9,13H,5-8,10,14H2,1H3. The van der Waals surface area contributed by atoms with Crippen molar-refractivity contribution in [2.24, 2.45) is 5.73 Å². The first-order valence-electron chi connectivity index (χ1n) is 5.92. The van der Waals surface area contributed by atoms with Gasteiger partial charge in [0.25, 0.3) is 0 Å². The minimum Gasteiger partial charge on any atom is -0.379 e. The van der Waals surface area contributed by atoms with Crippen LogP contribution < -0.4 is 10.6 Å². The number of nitrogens with zero attached hydrogens (tertiary/aromatic N) is 1. The van der Waals surface area contributed by atoms with Crippen molar-refractivity contribution >= 4 is 5.69 Å². The average molecular weight is 220 g/mol. The Morgan fingerprint density at radius 3 is 3.00 bits per heavy atom. The van der Waals surface area contributed by atoms with Gasteiger partial charge in [0.05, 0.1) is 12.6 Å². The molecule has 0 aromatic heterocycles. The molecule has 1 aliphatic rings. The molecule has 1 fully saturated rings. The normalized spacial score (nSPS) is 20.0. The Labute approximate surface area is 97.2 Å². The predicted octanol–water partition coefficient (Wildman–Crippen LogP) is 1.55. The smallest absolute Gasteiger partial charge is 0.0670 e. The van der Waals surface area contributed by atoms with Gasteiger partial charge in [-0.25, -0.2) is 0 Å². The van der Waals surface area contributed by atoms with Crippen LogP contribution in [0.3, 0.4) is 0 Å². The lowest BCUT2D eigenvalue weighted by Crippen LogP contribution is -2.39. The number of benzene rings is 1. The Balaban J connectivity index is 2.17. The van der Waals surface area contributed by atoms with Crippen LogP contribution in [0, 0.1) is 6.92 Å². The molecule has 16 heavy (non-hydrogen) atoms. The van der Waals surface area contributed by atoms with Gasteiger partial charge < -0.3 is 15.4 Å². The highest BCUT2D eigenvalue weighted by molar-refractivity contribution is 5.49. The van der Waals surface area contributed by atoms with E-state index in [4.69, 9.17) is 10.5 Å². The zero-order valence-electron chi connectivity index (χ0n) is 9.86. The monoisotopic (exact) mass is 220 g/mol. The Morgan fingerprint density at radius 1 is 1.50 bits per heavy atom. The number of aryl methyl sites for hydroxylation is 1. The SMILES string of the molecule is Cc1cccc(N(CCN)C2CCOC2)c1. The van der Waals surface area contributed by atoms with Gasteiger partial charge in [-0.05, 0) is 31.0 Å². The van der Waals surface area contributed by atoms with E-state index in [1.54, 1.807) is 0 Å². The summed E-state index contributed by atoms with van der Waals surface area (Å²) in [6.45, 7) is 5.41. The number of nitrogens with two attached hydrogens (primary N) is 1. The lowest BCUT2D eigenvalue weighted by atomic mass is 10.1. The van der Waals surface area contributed by atoms with Crippen molar-refractivity contribution in [2.45, 2.75) is 19.4 Å². The number of hydrogen-bond acceptors (Lipinski definition) is 3. The van der Waals surface area contributed by atoms with Crippen LogP contribution in [0.4, 0.5) is 5.69 Å². The van der Waals surface area contributed by atoms with Crippen molar-refractivity contribution in [1.29, 1.82) is 0 Å². The number of hydrogen-bond donors (Lipinski definition) is 1. The fraction of sp³-hybridized carbons (Fsp3) is 0.538. The molecule has 1 saturated heterocycles. The molecular weight excluding hydrogens is 200 g/mol. The largest absolute Gasteiger partial charge is 0.379 e. The van der Waals surface area contributed by atoms with E-state index in [1.807, 2.05) is 0 Å². The maximum Gasteiger partial charge on any atom is 0.0670 e. The lowest BCUT2D eigenvalue weighted by molar-refractivity contribution is 0.193. The van der Waals surface area contributed by atoms with Gasteiger partial charge in [0, 0.05) is 25.4 Å². The fourth-order valence-electron chi connectivity index (χ4n) is 2.24. The van der Waals surface area contributed by atoms with Crippen LogP contribution in [0.1, 0.15) is 12.0 Å². The Bertz CT molecular complexity index is 334. The van der Waals surface area contributed by atoms with Crippen LogP contribution in [0.2, 0.25) is 0 Å². The zero-order valence-corrected chi connectivity index (χ0v) is 9.86. The zero-order chi connectivity index (χ0) is 11.4. The summed E-state index contributed by atoms with van der Waals surface area (Å²) in [7, 11) is 0. The molecule has 88 valence electrons. The predicted molar refractivity (Wildman–Crippen MR) is 66.8 cm³/mol. The van der Waals surface area contributed by atoms with Crippen LogP contribution in [0.5, 0.6) is 0 Å². The molecule has 1 aromatic carbocycles. The summed E-state index contributed by atoms with van der Waals surface area (Å²) < 4.78 is 5.45. The average Bonchev–Trinajstić information content (AvgIpc) is 2.79. The minimum atomic E-state index is 0.491. The molecule has 1 atom stereocenters. The van der Waals surface area contributed by atoms with E-state index in [9.17, 15) is 0 Å². The van der Waals surface area contributed by atoms with Gasteiger partial charge in [0.2, 0.25) is 0 Å². The van der Waals surface area contributed by atoms with Gasteiger partial charge in [0.1, 0.15) is 0 Å². The highest BCUT2D eigenvalue weighted by atomic mass is 16.5. The van der Waals surface area contributed by atoms with Crippen molar-refractivity contribution in [3.8, 4) is 0 Å². The molecule has 1 unspecified atom stereocenters. The van der Waals surface area contributed by atoms with E-state index in [0.29, 0.717) is 12.6 Å². The van der Waals surface area contributed by atoms with Crippen LogP contribution in [0.15, 0.2) is 24.3 Å². The molecular formula is C13H20N2O. The quantitative estimate of drug-likeness (QED) is 0.836. The lowest BCUT2D eigenvalue weighted by Gasteiger charge is -2.30. The Kier molecular flexibility index (Phi) is 3.80. The second kappa shape index (κ2) is 5.32. The molecule has 3 heteroatoms. The van der Waals surface area contributed by atoms with Gasteiger partial charge in [-0.1, -0.05) is 12.1 Å². The van der Waals surface area contributed by atoms with Gasteiger partial charge in [-0.3, -0.25) is 0 Å². The number of anilines is 1. The molecule has 2 rings (SSSR count). The minimum absolute atomic E-state index is 0.491. The molecule has 0 saturated carbocycles. The van der Waals surface area contributed by atoms with Crippen LogP contribution in [-0.2, 0) is 4.74 Å². The van der Waals surface area contributed by atoms with Crippen molar-refractivity contribution in [1.82, 2.24) is 0 Å². The van der Waals surface area contributed by atoms with Gasteiger partial charge >= 0.3 is 0 Å². The summed E-state index contributed by atoms with van der Waals surface area (Å²) in [6.07, 6.45) is 1.11. The summed E-state index contributed by atoms with van der Waals surface area (Å²) in [5, 5.41) is 0. The fourth-order valence-corrected chi connectivity index (χ4v) is 2.24. The van der Waals surface area contributed by atoms with Gasteiger partial charge in [-0.2, -0.15) is 0 Å². The maximum absolute atomic E-state index is 5.69. The molecule has 1 aromatic rings. The van der Waals surface area contributed by atoms with E-state index in [1.165, 1.54) is 11.3 Å². The van der Waals surface area contributed by atoms with Gasteiger partial charge in [-0.15, -0.1) is 0 Å². The summed E-state index contributed by atoms with van der Waals surface area (Å²) in [5.41, 5.74) is 8.24. The third-order valence-corrected chi connectivity index (χ3v) is 3.05. The molecule has 3 nitrogen and oxygen atoms in total. The summed E-state index contributed by atoms with van der Waals surface area (Å²) in [5.74, 6) is 0. The van der Waals surface area contributed by atoms with Crippen molar-refractivity contribution < 1.29 is 4.74 Å². The van der Waals surface area contributed by atoms with E-state index in [-0.39, 0.29) is 0 Å². The molecule has 1 heterocycles. The summed E-state index contributed by atoms with van der Waals surface area (Å²) >= 11 is 0. The first kappa shape index (κ1) is 11.4. The van der Waals surface area contributed by atoms with Crippen LogP contribution in [-0.4, -0.2) is 32.3 Å². The number of ether oxygens (including phenoxy) is 1. The van der Waals surface area contributed by atoms with Crippen molar-refractivity contribution in [2.75, 3.05) is 31.2 Å². The molecule has 0 aliphatic carbocycles. The second-order valence-electron chi connectivity index (χ2n) is 4.34. The topological polar surface area (TPSA) is 38.5 Å². The highest BCUT2D eigenvalue weighted by Crippen LogP contribution is 2.22. The van der Waals surface area contributed by atoms with E-state index < -0.39 is 0 Å². The number of rotatable bonds is 4. The molecule has 0 radical (unpaired) electrons. The van der Waals surface area contributed by atoms with Crippen LogP contribution >= 0.6 is 0 Å². The van der Waals surface area contributed by atoms with E-state index in [0.717, 1.165) is 26.2 Å². The van der Waals surface area contributed by atoms with Gasteiger partial charge in [0.15, 0.2) is 0 Å². The highest BCUT2D eigenvalue weighted by Gasteiger charge is 2.22. The van der Waals surface area contributed by atoms with E-state index in [2.05, 4.69) is 36.1 Å². The molecule has 0 bridgehead atoms. The molecule has 0 spiro atoms. The maximum atomic E-state index is 5.69. The second-order valence-corrected chi connectivity index (χ2v) is 4.34. The van der Waals surface area contributed by atoms with Crippen molar-refractivity contribution in [3.05, 3.63) is 29.8 Å². The first-order valence-corrected chi connectivity index (χ1v) is 5.92. The third kappa shape index (κ3) is 2.54. The third-order valence-electron chi connectivity index (χ3n) is 3.05. The Hall–Kier alpha value is -1.06. The summed E-state index contributed by atoms with van der Waals surface area (Å²) in [6, 6.07) is 9.08. The molecule has 0 amide bonds. The summed E-state index contributed by atoms with van der Waals surface area (Å²) in [4.78, 5) is 2.38.